The standard InChI is InChI=1S/C10H13NOS2/c1-7-8(2)14-10(11-7)5-4-6-13-9(3)12/h4-5H,6H2,1-3H3. The lowest BCUT2D eigenvalue weighted by Gasteiger charge is -1.86. The van der Waals surface area contributed by atoms with E-state index < -0.39 is 0 Å². The van der Waals surface area contributed by atoms with Crippen LogP contribution in [0.1, 0.15) is 22.5 Å². The summed E-state index contributed by atoms with van der Waals surface area (Å²) in [4.78, 5) is 16.2. The van der Waals surface area contributed by atoms with Crippen molar-refractivity contribution in [3.63, 3.8) is 0 Å². The first-order valence-electron chi connectivity index (χ1n) is 4.33. The van der Waals surface area contributed by atoms with E-state index in [2.05, 4.69) is 11.9 Å². The molecule has 0 spiro atoms. The summed E-state index contributed by atoms with van der Waals surface area (Å²) in [6.07, 6.45) is 3.95. The third kappa shape index (κ3) is 3.64. The molecule has 2 nitrogen and oxygen atoms in total. The minimum absolute atomic E-state index is 0.154. The highest BCUT2D eigenvalue weighted by molar-refractivity contribution is 8.13. The molecule has 1 rings (SSSR count). The fourth-order valence-corrected chi connectivity index (χ4v) is 2.16. The topological polar surface area (TPSA) is 30.0 Å². The molecule has 1 aromatic heterocycles. The molecule has 76 valence electrons. The van der Waals surface area contributed by atoms with Crippen LogP contribution in [0.2, 0.25) is 0 Å². The van der Waals surface area contributed by atoms with Crippen LogP contribution in [0, 0.1) is 13.8 Å². The largest absolute Gasteiger partial charge is 0.288 e. The van der Waals surface area contributed by atoms with E-state index in [1.54, 1.807) is 18.3 Å². The van der Waals surface area contributed by atoms with Crippen LogP contribution in [-0.2, 0) is 4.79 Å². The number of thiazole rings is 1. The Bertz CT molecular complexity index is 336. The van der Waals surface area contributed by atoms with Gasteiger partial charge in [0.05, 0.1) is 5.69 Å². The quantitative estimate of drug-likeness (QED) is 0.795. The molecule has 0 aliphatic carbocycles. The summed E-state index contributed by atoms with van der Waals surface area (Å²) < 4.78 is 0. The van der Waals surface area contributed by atoms with Crippen molar-refractivity contribution in [3.8, 4) is 0 Å². The predicted octanol–water partition coefficient (Wildman–Crippen LogP) is 3.05. The van der Waals surface area contributed by atoms with E-state index in [4.69, 9.17) is 0 Å². The second-order valence-corrected chi connectivity index (χ2v) is 5.33. The van der Waals surface area contributed by atoms with Crippen LogP contribution in [0.5, 0.6) is 0 Å². The molecule has 0 aromatic carbocycles. The van der Waals surface area contributed by atoms with Gasteiger partial charge >= 0.3 is 0 Å². The number of carbonyl (C=O) groups is 1. The second-order valence-electron chi connectivity index (χ2n) is 2.90. The molecule has 4 heteroatoms. The van der Waals surface area contributed by atoms with E-state index in [1.807, 2.05) is 19.1 Å². The van der Waals surface area contributed by atoms with Gasteiger partial charge in [-0.15, -0.1) is 11.3 Å². The maximum Gasteiger partial charge on any atom is 0.186 e. The number of aryl methyl sites for hydroxylation is 2. The molecule has 0 saturated heterocycles. The number of thioether (sulfide) groups is 1. The Balaban J connectivity index is 2.48. The van der Waals surface area contributed by atoms with Crippen LogP contribution in [0.15, 0.2) is 6.08 Å². The van der Waals surface area contributed by atoms with Crippen LogP contribution in [0.3, 0.4) is 0 Å². The van der Waals surface area contributed by atoms with Gasteiger partial charge in [-0.1, -0.05) is 17.8 Å². The Kier molecular flexibility index (Phi) is 4.35. The van der Waals surface area contributed by atoms with Crippen molar-refractivity contribution in [1.82, 2.24) is 4.98 Å². The number of hydrogen-bond acceptors (Lipinski definition) is 4. The third-order valence-electron chi connectivity index (χ3n) is 1.69. The van der Waals surface area contributed by atoms with Crippen LogP contribution < -0.4 is 0 Å². The van der Waals surface area contributed by atoms with Gasteiger partial charge in [0.1, 0.15) is 5.01 Å². The van der Waals surface area contributed by atoms with Crippen LogP contribution >= 0.6 is 23.1 Å². The first-order chi connectivity index (χ1) is 6.59. The van der Waals surface area contributed by atoms with Crippen molar-refractivity contribution >= 4 is 34.3 Å². The number of hydrogen-bond donors (Lipinski definition) is 0. The maximum absolute atomic E-state index is 10.6. The Labute approximate surface area is 92.4 Å². The smallest absolute Gasteiger partial charge is 0.186 e. The lowest BCUT2D eigenvalue weighted by Crippen LogP contribution is -1.81. The lowest BCUT2D eigenvalue weighted by atomic mass is 10.4. The minimum atomic E-state index is 0.154. The maximum atomic E-state index is 10.6. The van der Waals surface area contributed by atoms with Gasteiger partial charge in [0.25, 0.3) is 0 Å². The second kappa shape index (κ2) is 5.32. The van der Waals surface area contributed by atoms with Crippen molar-refractivity contribution in [3.05, 3.63) is 21.7 Å². The summed E-state index contributed by atoms with van der Waals surface area (Å²) in [6.45, 7) is 5.65. The van der Waals surface area contributed by atoms with Crippen molar-refractivity contribution in [1.29, 1.82) is 0 Å². The highest BCUT2D eigenvalue weighted by atomic mass is 32.2. The van der Waals surface area contributed by atoms with E-state index in [0.29, 0.717) is 0 Å². The summed E-state index contributed by atoms with van der Waals surface area (Å²) in [5.74, 6) is 0.729. The highest BCUT2D eigenvalue weighted by Crippen LogP contribution is 2.17. The SMILES string of the molecule is CC(=O)SCC=Cc1nc(C)c(C)s1. The van der Waals surface area contributed by atoms with Crippen molar-refractivity contribution in [2.75, 3.05) is 5.75 Å². The van der Waals surface area contributed by atoms with Gasteiger partial charge in [-0.2, -0.15) is 0 Å². The van der Waals surface area contributed by atoms with E-state index >= 15 is 0 Å². The molecule has 14 heavy (non-hydrogen) atoms. The summed E-state index contributed by atoms with van der Waals surface area (Å²) in [6, 6.07) is 0. The van der Waals surface area contributed by atoms with Gasteiger partial charge < -0.3 is 0 Å². The van der Waals surface area contributed by atoms with Gasteiger partial charge in [0, 0.05) is 17.6 Å². The highest BCUT2D eigenvalue weighted by Gasteiger charge is 1.99. The molecular weight excluding hydrogens is 214 g/mol. The predicted molar refractivity (Wildman–Crippen MR) is 63.8 cm³/mol. The summed E-state index contributed by atoms with van der Waals surface area (Å²) in [7, 11) is 0. The average molecular weight is 227 g/mol. The van der Waals surface area contributed by atoms with Crippen LogP contribution in [0.25, 0.3) is 6.08 Å². The van der Waals surface area contributed by atoms with Crippen molar-refractivity contribution < 1.29 is 4.79 Å². The first-order valence-corrected chi connectivity index (χ1v) is 6.13. The average Bonchev–Trinajstić information content (AvgIpc) is 2.40. The van der Waals surface area contributed by atoms with Gasteiger partial charge in [-0.25, -0.2) is 4.98 Å². The normalized spacial score (nSPS) is 11.1. The lowest BCUT2D eigenvalue weighted by molar-refractivity contribution is -0.109. The molecule has 0 bridgehead atoms. The van der Waals surface area contributed by atoms with Crippen LogP contribution in [0.4, 0.5) is 0 Å². The summed E-state index contributed by atoms with van der Waals surface area (Å²) in [5, 5.41) is 1.17. The van der Waals surface area contributed by atoms with E-state index in [0.717, 1.165) is 16.5 Å². The molecule has 0 radical (unpaired) electrons. The van der Waals surface area contributed by atoms with Gasteiger partial charge in [-0.05, 0) is 19.9 Å². The molecule has 0 fully saturated rings. The van der Waals surface area contributed by atoms with E-state index in [9.17, 15) is 4.79 Å². The molecule has 0 aliphatic heterocycles. The van der Waals surface area contributed by atoms with Gasteiger partial charge in [0.2, 0.25) is 0 Å². The molecule has 0 N–H and O–H groups in total. The number of rotatable bonds is 3. The van der Waals surface area contributed by atoms with E-state index in [-0.39, 0.29) is 5.12 Å². The Morgan fingerprint density at radius 3 is 2.79 bits per heavy atom. The molecule has 1 aromatic rings. The Morgan fingerprint density at radius 2 is 2.29 bits per heavy atom. The zero-order valence-corrected chi connectivity index (χ0v) is 10.2. The molecule has 0 aliphatic rings. The van der Waals surface area contributed by atoms with Gasteiger partial charge in [-0.3, -0.25) is 4.79 Å². The van der Waals surface area contributed by atoms with Crippen LogP contribution in [-0.4, -0.2) is 15.9 Å². The third-order valence-corrected chi connectivity index (χ3v) is 3.49. The first kappa shape index (κ1) is 11.5. The molecule has 1 heterocycles. The zero-order valence-electron chi connectivity index (χ0n) is 8.53. The molecule has 0 amide bonds. The number of carbonyl (C=O) groups excluding carboxylic acids is 1. The van der Waals surface area contributed by atoms with E-state index in [1.165, 1.54) is 16.6 Å². The summed E-state index contributed by atoms with van der Waals surface area (Å²) >= 11 is 2.99. The monoisotopic (exact) mass is 227 g/mol. The number of aromatic nitrogens is 1. The Hall–Kier alpha value is -0.610. The fourth-order valence-electron chi connectivity index (χ4n) is 0.883. The van der Waals surface area contributed by atoms with Gasteiger partial charge in [0.15, 0.2) is 5.12 Å². The molecule has 0 unspecified atom stereocenters. The summed E-state index contributed by atoms with van der Waals surface area (Å²) in [5.41, 5.74) is 1.09. The molecule has 0 saturated carbocycles. The number of nitrogens with zero attached hydrogens (tertiary/aromatic N) is 1. The minimum Gasteiger partial charge on any atom is -0.288 e. The molecule has 0 atom stereocenters. The Morgan fingerprint density at radius 1 is 1.57 bits per heavy atom. The zero-order chi connectivity index (χ0) is 10.6. The van der Waals surface area contributed by atoms with Crippen molar-refractivity contribution in [2.24, 2.45) is 0 Å². The fraction of sp³-hybridized carbons (Fsp3) is 0.400. The van der Waals surface area contributed by atoms with Crippen molar-refractivity contribution in [2.45, 2.75) is 20.8 Å². The molecular formula is C10H13NOS2.